The SMILES string of the molecule is CCCS(=O)(=O)Nc1cccc(N(Cc2ccc[nH]c2=O)c2ccc(OC)c(OC3CCCC3)c2)c1. The molecule has 0 amide bonds. The summed E-state index contributed by atoms with van der Waals surface area (Å²) in [6.07, 6.45) is 6.59. The van der Waals surface area contributed by atoms with Gasteiger partial charge in [-0.1, -0.05) is 19.1 Å². The molecular weight excluding hydrogens is 478 g/mol. The fourth-order valence-electron chi connectivity index (χ4n) is 4.43. The number of hydrogen-bond donors (Lipinski definition) is 2. The van der Waals surface area contributed by atoms with Crippen molar-refractivity contribution in [3.05, 3.63) is 76.7 Å². The van der Waals surface area contributed by atoms with Gasteiger partial charge in [0.2, 0.25) is 10.0 Å². The van der Waals surface area contributed by atoms with Gasteiger partial charge in [-0.15, -0.1) is 0 Å². The monoisotopic (exact) mass is 511 g/mol. The maximum Gasteiger partial charge on any atom is 0.252 e. The number of sulfonamides is 1. The first-order chi connectivity index (χ1) is 17.4. The van der Waals surface area contributed by atoms with E-state index in [1.807, 2.05) is 36.1 Å². The molecule has 8 nitrogen and oxygen atoms in total. The van der Waals surface area contributed by atoms with Crippen molar-refractivity contribution in [2.45, 2.75) is 51.7 Å². The smallest absolute Gasteiger partial charge is 0.252 e. The van der Waals surface area contributed by atoms with Gasteiger partial charge in [-0.05, 0) is 68.5 Å². The highest BCUT2D eigenvalue weighted by Crippen LogP contribution is 2.38. The molecule has 1 aromatic heterocycles. The number of ether oxygens (including phenoxy) is 2. The van der Waals surface area contributed by atoms with Crippen LogP contribution in [0.15, 0.2) is 65.6 Å². The third-order valence-corrected chi connectivity index (χ3v) is 7.68. The zero-order chi connectivity index (χ0) is 25.5. The molecule has 3 aromatic rings. The largest absolute Gasteiger partial charge is 0.493 e. The molecule has 0 radical (unpaired) electrons. The van der Waals surface area contributed by atoms with Crippen LogP contribution in [0.2, 0.25) is 0 Å². The van der Waals surface area contributed by atoms with Crippen LogP contribution in [0.25, 0.3) is 0 Å². The van der Waals surface area contributed by atoms with E-state index in [2.05, 4.69) is 9.71 Å². The lowest BCUT2D eigenvalue weighted by Gasteiger charge is -2.27. The van der Waals surface area contributed by atoms with Gasteiger partial charge >= 0.3 is 0 Å². The van der Waals surface area contributed by atoms with E-state index in [-0.39, 0.29) is 24.0 Å². The summed E-state index contributed by atoms with van der Waals surface area (Å²) in [4.78, 5) is 17.2. The zero-order valence-electron chi connectivity index (χ0n) is 20.7. The van der Waals surface area contributed by atoms with Crippen molar-refractivity contribution in [3.8, 4) is 11.5 Å². The topological polar surface area (TPSA) is 101 Å². The lowest BCUT2D eigenvalue weighted by Crippen LogP contribution is -2.23. The van der Waals surface area contributed by atoms with E-state index in [4.69, 9.17) is 9.47 Å². The van der Waals surface area contributed by atoms with Crippen molar-refractivity contribution in [3.63, 3.8) is 0 Å². The van der Waals surface area contributed by atoms with Crippen LogP contribution in [-0.4, -0.2) is 32.4 Å². The average molecular weight is 512 g/mol. The van der Waals surface area contributed by atoms with Crippen LogP contribution < -0.4 is 24.7 Å². The minimum absolute atomic E-state index is 0.0423. The Kier molecular flexibility index (Phi) is 8.20. The molecule has 0 bridgehead atoms. The van der Waals surface area contributed by atoms with Crippen LogP contribution in [0.4, 0.5) is 17.1 Å². The number of aromatic amines is 1. The highest BCUT2D eigenvalue weighted by atomic mass is 32.2. The van der Waals surface area contributed by atoms with Crippen molar-refractivity contribution >= 4 is 27.1 Å². The van der Waals surface area contributed by atoms with E-state index in [9.17, 15) is 13.2 Å². The van der Waals surface area contributed by atoms with E-state index in [1.54, 1.807) is 43.6 Å². The van der Waals surface area contributed by atoms with E-state index in [0.29, 0.717) is 29.2 Å². The normalized spacial score (nSPS) is 13.9. The maximum atomic E-state index is 12.5. The van der Waals surface area contributed by atoms with E-state index >= 15 is 0 Å². The average Bonchev–Trinajstić information content (AvgIpc) is 3.36. The second-order valence-corrected chi connectivity index (χ2v) is 10.8. The first-order valence-corrected chi connectivity index (χ1v) is 13.9. The van der Waals surface area contributed by atoms with Gasteiger partial charge in [0.1, 0.15) is 0 Å². The number of anilines is 3. The van der Waals surface area contributed by atoms with Gasteiger partial charge in [0.05, 0.1) is 31.2 Å². The Hall–Kier alpha value is -3.46. The Morgan fingerprint density at radius 2 is 1.81 bits per heavy atom. The standard InChI is InChI=1S/C27H33N3O5S/c1-3-16-36(32,33)29-21-9-6-10-22(17-21)30(19-20-8-7-15-28-27(20)31)23-13-14-25(34-2)26(18-23)35-24-11-4-5-12-24/h6-10,13-15,17-18,24,29H,3-5,11-12,16,19H2,1-2H3,(H,28,31). The van der Waals surface area contributed by atoms with Gasteiger partial charge in [-0.3, -0.25) is 9.52 Å². The number of H-pyrrole nitrogens is 1. The lowest BCUT2D eigenvalue weighted by molar-refractivity contribution is 0.201. The molecule has 1 saturated carbocycles. The van der Waals surface area contributed by atoms with Crippen LogP contribution in [0.5, 0.6) is 11.5 Å². The van der Waals surface area contributed by atoms with Crippen LogP contribution in [-0.2, 0) is 16.6 Å². The van der Waals surface area contributed by atoms with Gasteiger partial charge in [0.15, 0.2) is 11.5 Å². The molecule has 4 rings (SSSR count). The Morgan fingerprint density at radius 3 is 2.53 bits per heavy atom. The van der Waals surface area contributed by atoms with Gasteiger partial charge in [0, 0.05) is 29.2 Å². The number of pyridine rings is 1. The fraction of sp³-hybridized carbons (Fsp3) is 0.370. The summed E-state index contributed by atoms with van der Waals surface area (Å²) in [5, 5.41) is 0. The molecule has 0 saturated heterocycles. The fourth-order valence-corrected chi connectivity index (χ4v) is 5.56. The summed E-state index contributed by atoms with van der Waals surface area (Å²) in [7, 11) is -1.83. The van der Waals surface area contributed by atoms with Crippen molar-refractivity contribution in [1.82, 2.24) is 4.98 Å². The Balaban J connectivity index is 1.74. The highest BCUT2D eigenvalue weighted by molar-refractivity contribution is 7.92. The minimum Gasteiger partial charge on any atom is -0.493 e. The van der Waals surface area contributed by atoms with Crippen molar-refractivity contribution in [2.75, 3.05) is 22.5 Å². The number of nitrogens with one attached hydrogen (secondary N) is 2. The maximum absolute atomic E-state index is 12.5. The summed E-state index contributed by atoms with van der Waals surface area (Å²) in [6.45, 7) is 2.10. The van der Waals surface area contributed by atoms with Crippen LogP contribution in [0.3, 0.4) is 0 Å². The van der Waals surface area contributed by atoms with E-state index in [0.717, 1.165) is 37.1 Å². The lowest BCUT2D eigenvalue weighted by atomic mass is 10.1. The molecule has 1 aliphatic carbocycles. The van der Waals surface area contributed by atoms with Gasteiger partial charge in [0.25, 0.3) is 5.56 Å². The molecule has 0 aliphatic heterocycles. The number of methoxy groups -OCH3 is 1. The summed E-state index contributed by atoms with van der Waals surface area (Å²) in [6, 6.07) is 16.4. The Bertz CT molecular complexity index is 1330. The molecule has 192 valence electrons. The predicted octanol–water partition coefficient (Wildman–Crippen LogP) is 5.19. The quantitative estimate of drug-likeness (QED) is 0.367. The molecule has 2 N–H and O–H groups in total. The van der Waals surface area contributed by atoms with E-state index in [1.165, 1.54) is 0 Å². The van der Waals surface area contributed by atoms with Gasteiger partial charge < -0.3 is 19.4 Å². The summed E-state index contributed by atoms with van der Waals surface area (Å²) in [5.41, 5.74) is 2.37. The number of hydrogen-bond acceptors (Lipinski definition) is 6. The molecule has 1 aliphatic rings. The molecule has 36 heavy (non-hydrogen) atoms. The van der Waals surface area contributed by atoms with Crippen molar-refractivity contribution < 1.29 is 17.9 Å². The third kappa shape index (κ3) is 6.40. The summed E-state index contributed by atoms with van der Waals surface area (Å²) >= 11 is 0. The number of aromatic nitrogens is 1. The molecule has 0 spiro atoms. The Morgan fingerprint density at radius 1 is 1.03 bits per heavy atom. The first-order valence-electron chi connectivity index (χ1n) is 12.3. The van der Waals surface area contributed by atoms with Crippen LogP contribution >= 0.6 is 0 Å². The highest BCUT2D eigenvalue weighted by Gasteiger charge is 2.21. The van der Waals surface area contributed by atoms with E-state index < -0.39 is 10.0 Å². The molecule has 0 atom stereocenters. The summed E-state index contributed by atoms with van der Waals surface area (Å²) < 4.78 is 39.2. The molecule has 2 aromatic carbocycles. The Labute approximate surface area is 212 Å². The van der Waals surface area contributed by atoms with Crippen LogP contribution in [0.1, 0.15) is 44.6 Å². The van der Waals surface area contributed by atoms with Gasteiger partial charge in [-0.2, -0.15) is 0 Å². The summed E-state index contributed by atoms with van der Waals surface area (Å²) in [5.74, 6) is 1.33. The van der Waals surface area contributed by atoms with Crippen LogP contribution in [0, 0.1) is 0 Å². The molecule has 0 unspecified atom stereocenters. The molecule has 9 heteroatoms. The number of benzene rings is 2. The number of nitrogens with zero attached hydrogens (tertiary/aromatic N) is 1. The number of rotatable bonds is 11. The molecule has 1 fully saturated rings. The predicted molar refractivity (Wildman–Crippen MR) is 143 cm³/mol. The minimum atomic E-state index is -3.45. The molecular formula is C27H33N3O5S. The van der Waals surface area contributed by atoms with Gasteiger partial charge in [-0.25, -0.2) is 8.42 Å². The second kappa shape index (κ2) is 11.5. The van der Waals surface area contributed by atoms with Crippen molar-refractivity contribution in [2.24, 2.45) is 0 Å². The molecule has 1 heterocycles. The van der Waals surface area contributed by atoms with Crippen molar-refractivity contribution in [1.29, 1.82) is 0 Å². The third-order valence-electron chi connectivity index (χ3n) is 6.19. The zero-order valence-corrected chi connectivity index (χ0v) is 21.5. The second-order valence-electron chi connectivity index (χ2n) is 8.94. The first kappa shape index (κ1) is 25.6.